The fraction of sp³-hybridized carbons (Fsp3) is 0.300. The summed E-state index contributed by atoms with van der Waals surface area (Å²) in [7, 11) is 0. The van der Waals surface area contributed by atoms with Crippen molar-refractivity contribution in [2.45, 2.75) is 19.4 Å². The number of aliphatic hydroxyl groups is 1. The van der Waals surface area contributed by atoms with Gasteiger partial charge in [0.2, 0.25) is 0 Å². The van der Waals surface area contributed by atoms with E-state index in [1.165, 1.54) is 0 Å². The number of rotatable bonds is 3. The summed E-state index contributed by atoms with van der Waals surface area (Å²) in [6.45, 7) is 1.88. The molecule has 1 N–H and O–H groups in total. The number of carbonyl (C=O) groups excluding carboxylic acids is 1. The number of hydrogen-bond donors (Lipinski definition) is 1. The van der Waals surface area contributed by atoms with E-state index in [-0.39, 0.29) is 0 Å². The molecule has 0 aromatic heterocycles. The molecule has 2 nitrogen and oxygen atoms in total. The van der Waals surface area contributed by atoms with Crippen LogP contribution in [0.3, 0.4) is 0 Å². The van der Waals surface area contributed by atoms with Gasteiger partial charge in [0.05, 0.1) is 6.10 Å². The Bertz CT molecular complexity index is 268. The zero-order valence-electron chi connectivity index (χ0n) is 7.03. The van der Waals surface area contributed by atoms with Crippen LogP contribution < -0.4 is 0 Å². The molecular weight excluding hydrogens is 152 g/mol. The van der Waals surface area contributed by atoms with Crippen LogP contribution in [0.2, 0.25) is 0 Å². The van der Waals surface area contributed by atoms with Crippen molar-refractivity contribution in [1.82, 2.24) is 0 Å². The van der Waals surface area contributed by atoms with Crippen LogP contribution >= 0.6 is 0 Å². The zero-order valence-corrected chi connectivity index (χ0v) is 7.03. The summed E-state index contributed by atoms with van der Waals surface area (Å²) in [6, 6.07) is 7.09. The van der Waals surface area contributed by atoms with Crippen LogP contribution in [0.25, 0.3) is 0 Å². The molecule has 0 spiro atoms. The summed E-state index contributed by atoms with van der Waals surface area (Å²) < 4.78 is 0. The van der Waals surface area contributed by atoms with Gasteiger partial charge in [-0.3, -0.25) is 4.79 Å². The minimum Gasteiger partial charge on any atom is -0.388 e. The summed E-state index contributed by atoms with van der Waals surface area (Å²) in [5.41, 5.74) is 1.29. The zero-order chi connectivity index (χ0) is 8.97. The van der Waals surface area contributed by atoms with E-state index in [9.17, 15) is 9.90 Å². The van der Waals surface area contributed by atoms with E-state index in [0.717, 1.165) is 11.8 Å². The van der Waals surface area contributed by atoms with Gasteiger partial charge in [-0.1, -0.05) is 31.2 Å². The molecule has 0 saturated heterocycles. The Labute approximate surface area is 71.8 Å². The predicted molar refractivity (Wildman–Crippen MR) is 47.1 cm³/mol. The molecule has 0 saturated carbocycles. The Balaban J connectivity index is 3.04. The van der Waals surface area contributed by atoms with Crippen molar-refractivity contribution in [3.8, 4) is 0 Å². The van der Waals surface area contributed by atoms with Crippen LogP contribution in [0.1, 0.15) is 35.4 Å². The van der Waals surface area contributed by atoms with Crippen molar-refractivity contribution in [3.05, 3.63) is 35.4 Å². The van der Waals surface area contributed by atoms with Gasteiger partial charge in [-0.25, -0.2) is 0 Å². The highest BCUT2D eigenvalue weighted by Gasteiger charge is 2.08. The average Bonchev–Trinajstić information content (AvgIpc) is 2.16. The van der Waals surface area contributed by atoms with E-state index in [0.29, 0.717) is 12.0 Å². The highest BCUT2D eigenvalue weighted by molar-refractivity contribution is 5.77. The van der Waals surface area contributed by atoms with Gasteiger partial charge in [-0.2, -0.15) is 0 Å². The first-order valence-corrected chi connectivity index (χ1v) is 4.01. The van der Waals surface area contributed by atoms with Gasteiger partial charge in [0.1, 0.15) is 6.29 Å². The van der Waals surface area contributed by atoms with Gasteiger partial charge in [0.25, 0.3) is 0 Å². The molecule has 12 heavy (non-hydrogen) atoms. The predicted octanol–water partition coefficient (Wildman–Crippen LogP) is 1.94. The molecule has 0 aliphatic rings. The average molecular weight is 164 g/mol. The number of hydrogen-bond acceptors (Lipinski definition) is 2. The van der Waals surface area contributed by atoms with Gasteiger partial charge in [-0.05, 0) is 12.0 Å². The number of carbonyl (C=O) groups is 1. The van der Waals surface area contributed by atoms with Crippen LogP contribution in [0.15, 0.2) is 24.3 Å². The van der Waals surface area contributed by atoms with Crippen molar-refractivity contribution < 1.29 is 9.90 Å². The molecule has 0 amide bonds. The SMILES string of the molecule is CCC(O)c1ccccc1C=O. The lowest BCUT2D eigenvalue weighted by Gasteiger charge is -2.09. The third kappa shape index (κ3) is 1.71. The molecule has 0 bridgehead atoms. The van der Waals surface area contributed by atoms with Crippen LogP contribution in [0, 0.1) is 0 Å². The Hall–Kier alpha value is -1.15. The topological polar surface area (TPSA) is 37.3 Å². The highest BCUT2D eigenvalue weighted by Crippen LogP contribution is 2.18. The highest BCUT2D eigenvalue weighted by atomic mass is 16.3. The molecular formula is C10H12O2. The maximum atomic E-state index is 10.5. The molecule has 1 rings (SSSR count). The largest absolute Gasteiger partial charge is 0.388 e. The second-order valence-electron chi connectivity index (χ2n) is 2.67. The lowest BCUT2D eigenvalue weighted by Crippen LogP contribution is -1.99. The van der Waals surface area contributed by atoms with E-state index in [2.05, 4.69) is 0 Å². The summed E-state index contributed by atoms with van der Waals surface area (Å²) in [5.74, 6) is 0. The van der Waals surface area contributed by atoms with Crippen molar-refractivity contribution in [1.29, 1.82) is 0 Å². The van der Waals surface area contributed by atoms with Crippen molar-refractivity contribution in [2.75, 3.05) is 0 Å². The standard InChI is InChI=1S/C10H12O2/c1-2-10(12)9-6-4-3-5-8(9)7-11/h3-7,10,12H,2H2,1H3. The van der Waals surface area contributed by atoms with Gasteiger partial charge >= 0.3 is 0 Å². The summed E-state index contributed by atoms with van der Waals surface area (Å²) >= 11 is 0. The maximum absolute atomic E-state index is 10.5. The van der Waals surface area contributed by atoms with Crippen molar-refractivity contribution in [2.24, 2.45) is 0 Å². The van der Waals surface area contributed by atoms with Crippen LogP contribution in [-0.2, 0) is 0 Å². The van der Waals surface area contributed by atoms with Gasteiger partial charge in [0.15, 0.2) is 0 Å². The molecule has 0 fully saturated rings. The Kier molecular flexibility index (Phi) is 3.00. The number of benzene rings is 1. The molecule has 2 heteroatoms. The molecule has 0 radical (unpaired) electrons. The quantitative estimate of drug-likeness (QED) is 0.693. The second-order valence-corrected chi connectivity index (χ2v) is 2.67. The molecule has 0 heterocycles. The minimum absolute atomic E-state index is 0.522. The summed E-state index contributed by atoms with van der Waals surface area (Å²) in [4.78, 5) is 10.5. The number of aldehydes is 1. The normalized spacial score (nSPS) is 12.5. The van der Waals surface area contributed by atoms with Crippen molar-refractivity contribution >= 4 is 6.29 Å². The Morgan fingerprint density at radius 3 is 2.75 bits per heavy atom. The van der Waals surface area contributed by atoms with E-state index in [4.69, 9.17) is 0 Å². The first-order chi connectivity index (χ1) is 5.79. The van der Waals surface area contributed by atoms with Crippen LogP contribution in [0.4, 0.5) is 0 Å². The summed E-state index contributed by atoms with van der Waals surface area (Å²) in [6.07, 6.45) is 0.880. The van der Waals surface area contributed by atoms with E-state index in [1.54, 1.807) is 18.2 Å². The molecule has 1 aromatic carbocycles. The first-order valence-electron chi connectivity index (χ1n) is 4.01. The smallest absolute Gasteiger partial charge is 0.150 e. The molecule has 64 valence electrons. The van der Waals surface area contributed by atoms with Crippen LogP contribution in [-0.4, -0.2) is 11.4 Å². The van der Waals surface area contributed by atoms with Gasteiger partial charge in [0, 0.05) is 5.56 Å². The first kappa shape index (κ1) is 8.94. The third-order valence-corrected chi connectivity index (χ3v) is 1.87. The van der Waals surface area contributed by atoms with Gasteiger partial charge < -0.3 is 5.11 Å². The monoisotopic (exact) mass is 164 g/mol. The molecule has 1 aromatic rings. The molecule has 0 aliphatic carbocycles. The lowest BCUT2D eigenvalue weighted by atomic mass is 10.0. The fourth-order valence-electron chi connectivity index (χ4n) is 1.14. The Morgan fingerprint density at radius 2 is 2.17 bits per heavy atom. The van der Waals surface area contributed by atoms with Crippen molar-refractivity contribution in [3.63, 3.8) is 0 Å². The van der Waals surface area contributed by atoms with Crippen LogP contribution in [0.5, 0.6) is 0 Å². The maximum Gasteiger partial charge on any atom is 0.150 e. The lowest BCUT2D eigenvalue weighted by molar-refractivity contribution is 0.111. The van der Waals surface area contributed by atoms with E-state index in [1.807, 2.05) is 13.0 Å². The Morgan fingerprint density at radius 1 is 1.50 bits per heavy atom. The molecule has 1 atom stereocenters. The van der Waals surface area contributed by atoms with E-state index >= 15 is 0 Å². The van der Waals surface area contributed by atoms with E-state index < -0.39 is 6.10 Å². The third-order valence-electron chi connectivity index (χ3n) is 1.87. The molecule has 1 unspecified atom stereocenters. The second kappa shape index (κ2) is 4.02. The fourth-order valence-corrected chi connectivity index (χ4v) is 1.14. The summed E-state index contributed by atoms with van der Waals surface area (Å²) in [5, 5.41) is 9.48. The molecule has 0 aliphatic heterocycles. The number of aliphatic hydroxyl groups excluding tert-OH is 1. The van der Waals surface area contributed by atoms with Gasteiger partial charge in [-0.15, -0.1) is 0 Å². The minimum atomic E-state index is -0.522.